The van der Waals surface area contributed by atoms with Crippen molar-refractivity contribution in [2.75, 3.05) is 0 Å². The summed E-state index contributed by atoms with van der Waals surface area (Å²) in [5.41, 5.74) is 0. The van der Waals surface area contributed by atoms with Crippen molar-refractivity contribution in [3.8, 4) is 0 Å². The molecule has 2 bridgehead atoms. The van der Waals surface area contributed by atoms with Crippen molar-refractivity contribution in [3.05, 3.63) is 24.3 Å². The summed E-state index contributed by atoms with van der Waals surface area (Å²) in [4.78, 5) is 23.1. The zero-order valence-electron chi connectivity index (χ0n) is 7.14. The Morgan fingerprint density at radius 2 is 1.38 bits per heavy atom. The maximum absolute atomic E-state index is 11.5. The maximum Gasteiger partial charge on any atom is 0.160 e. The monoisotopic (exact) mass is 174 g/mol. The van der Waals surface area contributed by atoms with E-state index in [0.29, 0.717) is 11.8 Å². The van der Waals surface area contributed by atoms with Crippen molar-refractivity contribution in [1.29, 1.82) is 0 Å². The van der Waals surface area contributed by atoms with Crippen LogP contribution < -0.4 is 0 Å². The Morgan fingerprint density at radius 1 is 0.923 bits per heavy atom. The van der Waals surface area contributed by atoms with Crippen molar-refractivity contribution < 1.29 is 9.59 Å². The Labute approximate surface area is 76.3 Å². The molecule has 1 saturated carbocycles. The van der Waals surface area contributed by atoms with Crippen molar-refractivity contribution in [2.24, 2.45) is 23.7 Å². The molecule has 4 atom stereocenters. The van der Waals surface area contributed by atoms with Crippen LogP contribution in [0.25, 0.3) is 0 Å². The van der Waals surface area contributed by atoms with Crippen LogP contribution in [0.4, 0.5) is 0 Å². The summed E-state index contributed by atoms with van der Waals surface area (Å²) in [7, 11) is 0. The summed E-state index contributed by atoms with van der Waals surface area (Å²) in [6.07, 6.45) is 8.14. The molecule has 0 N–H and O–H groups in total. The van der Waals surface area contributed by atoms with Gasteiger partial charge in [-0.1, -0.05) is 12.2 Å². The minimum atomic E-state index is -0.0208. The zero-order valence-corrected chi connectivity index (χ0v) is 7.14. The van der Waals surface area contributed by atoms with Crippen molar-refractivity contribution >= 4 is 11.6 Å². The van der Waals surface area contributed by atoms with Gasteiger partial charge < -0.3 is 0 Å². The second-order valence-electron chi connectivity index (χ2n) is 4.14. The number of hydrogen-bond acceptors (Lipinski definition) is 2. The largest absolute Gasteiger partial charge is 0.294 e. The van der Waals surface area contributed by atoms with Crippen LogP contribution in [-0.2, 0) is 9.59 Å². The molecule has 0 heterocycles. The third kappa shape index (κ3) is 0.781. The summed E-state index contributed by atoms with van der Waals surface area (Å²) in [5.74, 6) is 0.954. The number of carbonyl (C=O) groups excluding carboxylic acids is 2. The van der Waals surface area contributed by atoms with E-state index in [0.717, 1.165) is 6.42 Å². The van der Waals surface area contributed by atoms with E-state index in [1.807, 2.05) is 0 Å². The topological polar surface area (TPSA) is 34.1 Å². The van der Waals surface area contributed by atoms with E-state index in [2.05, 4.69) is 12.2 Å². The average Bonchev–Trinajstić information content (AvgIpc) is 2.70. The van der Waals surface area contributed by atoms with Gasteiger partial charge in [-0.2, -0.15) is 0 Å². The lowest BCUT2D eigenvalue weighted by atomic mass is 9.75. The van der Waals surface area contributed by atoms with Gasteiger partial charge in [0, 0.05) is 11.8 Å². The lowest BCUT2D eigenvalue weighted by Crippen LogP contribution is -2.34. The molecule has 3 aliphatic rings. The van der Waals surface area contributed by atoms with Gasteiger partial charge in [-0.3, -0.25) is 9.59 Å². The van der Waals surface area contributed by atoms with Crippen molar-refractivity contribution in [2.45, 2.75) is 6.42 Å². The van der Waals surface area contributed by atoms with Gasteiger partial charge in [-0.05, 0) is 30.4 Å². The van der Waals surface area contributed by atoms with Crippen LogP contribution in [0.3, 0.4) is 0 Å². The SMILES string of the molecule is O=C1C=CC(=O)[C@@H]2[C@@H]1[C@H]1C=C[C@H]2C1. The first kappa shape index (κ1) is 7.25. The Bertz CT molecular complexity index is 319. The number of allylic oxidation sites excluding steroid dienone is 4. The molecule has 66 valence electrons. The molecule has 0 aromatic carbocycles. The highest BCUT2D eigenvalue weighted by Crippen LogP contribution is 2.50. The van der Waals surface area contributed by atoms with Gasteiger partial charge in [0.2, 0.25) is 0 Å². The van der Waals surface area contributed by atoms with Gasteiger partial charge >= 0.3 is 0 Å². The minimum Gasteiger partial charge on any atom is -0.294 e. The van der Waals surface area contributed by atoms with Crippen LogP contribution in [0.5, 0.6) is 0 Å². The molecule has 0 amide bonds. The van der Waals surface area contributed by atoms with E-state index in [9.17, 15) is 9.59 Å². The molecule has 2 nitrogen and oxygen atoms in total. The highest BCUT2D eigenvalue weighted by atomic mass is 16.1. The first-order valence-electron chi connectivity index (χ1n) is 4.71. The molecule has 0 aromatic heterocycles. The highest BCUT2D eigenvalue weighted by Gasteiger charge is 2.51. The molecule has 0 unspecified atom stereocenters. The van der Waals surface area contributed by atoms with Crippen molar-refractivity contribution in [3.63, 3.8) is 0 Å². The molecular weight excluding hydrogens is 164 g/mol. The Kier molecular flexibility index (Phi) is 1.22. The second-order valence-corrected chi connectivity index (χ2v) is 4.14. The molecule has 0 saturated heterocycles. The second kappa shape index (κ2) is 2.19. The number of hydrogen-bond donors (Lipinski definition) is 0. The van der Waals surface area contributed by atoms with E-state index in [-0.39, 0.29) is 23.4 Å². The third-order valence-electron chi connectivity index (χ3n) is 3.53. The number of carbonyl (C=O) groups is 2. The molecule has 0 radical (unpaired) electrons. The minimum absolute atomic E-state index is 0.0208. The fourth-order valence-corrected chi connectivity index (χ4v) is 2.98. The number of fused-ring (bicyclic) bond motifs is 5. The van der Waals surface area contributed by atoms with Gasteiger partial charge in [-0.25, -0.2) is 0 Å². The average molecular weight is 174 g/mol. The van der Waals surface area contributed by atoms with E-state index in [4.69, 9.17) is 0 Å². The lowest BCUT2D eigenvalue weighted by molar-refractivity contribution is -0.129. The molecule has 2 heteroatoms. The van der Waals surface area contributed by atoms with Crippen LogP contribution in [0.1, 0.15) is 6.42 Å². The molecule has 1 fully saturated rings. The van der Waals surface area contributed by atoms with Crippen LogP contribution in [-0.4, -0.2) is 11.6 Å². The molecule has 0 spiro atoms. The quantitative estimate of drug-likeness (QED) is 0.516. The predicted octanol–water partition coefficient (Wildman–Crippen LogP) is 1.13. The van der Waals surface area contributed by atoms with Gasteiger partial charge in [0.05, 0.1) is 0 Å². The Balaban J connectivity index is 2.09. The van der Waals surface area contributed by atoms with Crippen LogP contribution in [0, 0.1) is 23.7 Å². The zero-order chi connectivity index (χ0) is 9.00. The van der Waals surface area contributed by atoms with Gasteiger partial charge in [0.15, 0.2) is 11.6 Å². The number of rotatable bonds is 0. The summed E-state index contributed by atoms with van der Waals surface area (Å²) in [6.45, 7) is 0. The summed E-state index contributed by atoms with van der Waals surface area (Å²) in [5, 5.41) is 0. The smallest absolute Gasteiger partial charge is 0.160 e. The summed E-state index contributed by atoms with van der Waals surface area (Å²) in [6, 6.07) is 0. The normalized spacial score (nSPS) is 45.8. The lowest BCUT2D eigenvalue weighted by Gasteiger charge is -2.26. The summed E-state index contributed by atoms with van der Waals surface area (Å²) < 4.78 is 0. The first-order chi connectivity index (χ1) is 6.27. The third-order valence-corrected chi connectivity index (χ3v) is 3.53. The molecule has 3 rings (SSSR count). The van der Waals surface area contributed by atoms with Crippen LogP contribution in [0.2, 0.25) is 0 Å². The van der Waals surface area contributed by atoms with E-state index in [1.165, 1.54) is 12.2 Å². The van der Waals surface area contributed by atoms with Crippen LogP contribution >= 0.6 is 0 Å². The van der Waals surface area contributed by atoms with Gasteiger partial charge in [0.1, 0.15) is 0 Å². The van der Waals surface area contributed by atoms with E-state index < -0.39 is 0 Å². The molecule has 13 heavy (non-hydrogen) atoms. The van der Waals surface area contributed by atoms with Crippen LogP contribution in [0.15, 0.2) is 24.3 Å². The molecule has 3 aliphatic carbocycles. The maximum atomic E-state index is 11.5. The fourth-order valence-electron chi connectivity index (χ4n) is 2.98. The Morgan fingerprint density at radius 3 is 1.85 bits per heavy atom. The van der Waals surface area contributed by atoms with Gasteiger partial charge in [0.25, 0.3) is 0 Å². The molecule has 0 aliphatic heterocycles. The first-order valence-corrected chi connectivity index (χ1v) is 4.71. The van der Waals surface area contributed by atoms with Gasteiger partial charge in [-0.15, -0.1) is 0 Å². The Hall–Kier alpha value is -1.18. The predicted molar refractivity (Wildman–Crippen MR) is 46.9 cm³/mol. The van der Waals surface area contributed by atoms with E-state index >= 15 is 0 Å². The fraction of sp³-hybridized carbons (Fsp3) is 0.455. The van der Waals surface area contributed by atoms with Crippen molar-refractivity contribution in [1.82, 2.24) is 0 Å². The highest BCUT2D eigenvalue weighted by molar-refractivity contribution is 6.08. The number of ketones is 2. The molecular formula is C11H10O2. The standard InChI is InChI=1S/C11H10O2/c12-8-3-4-9(13)11-7-2-1-6(5-7)10(8)11/h1-4,6-7,10-11H,5H2/t6-,7-,10+,11+/m0/s1. The summed E-state index contributed by atoms with van der Waals surface area (Å²) >= 11 is 0. The van der Waals surface area contributed by atoms with E-state index in [1.54, 1.807) is 0 Å². The molecule has 0 aromatic rings.